The van der Waals surface area contributed by atoms with Crippen LogP contribution in [-0.4, -0.2) is 42.7 Å². The molecule has 0 amide bonds. The van der Waals surface area contributed by atoms with Crippen LogP contribution in [0.5, 0.6) is 0 Å². The smallest absolute Gasteiger partial charge is 0.120 e. The van der Waals surface area contributed by atoms with Gasteiger partial charge in [-0.2, -0.15) is 0 Å². The largest absolute Gasteiger partial charge is 0.359 e. The van der Waals surface area contributed by atoms with Gasteiger partial charge >= 0.3 is 0 Å². The predicted molar refractivity (Wildman–Crippen MR) is 44.9 cm³/mol. The number of fused-ring (bicyclic) bond motifs is 1. The average molecular weight is 191 g/mol. The highest BCUT2D eigenvalue weighted by Gasteiger charge is 2.52. The van der Waals surface area contributed by atoms with E-state index >= 15 is 0 Å². The summed E-state index contributed by atoms with van der Waals surface area (Å²) in [6, 6.07) is -0.0602. The summed E-state index contributed by atoms with van der Waals surface area (Å²) in [4.78, 5) is 1.93. The van der Waals surface area contributed by atoms with Crippen LogP contribution in [0, 0.1) is 5.92 Å². The maximum atomic E-state index is 13.3. The highest BCUT2D eigenvalue weighted by Crippen LogP contribution is 2.38. The summed E-state index contributed by atoms with van der Waals surface area (Å²) >= 11 is 0. The van der Waals surface area contributed by atoms with Gasteiger partial charge in [-0.05, 0) is 13.8 Å². The molecule has 2 aliphatic heterocycles. The molecule has 4 heteroatoms. The lowest BCUT2D eigenvalue weighted by Gasteiger charge is -2.28. The predicted octanol–water partition coefficient (Wildman–Crippen LogP) is 1.36. The molecule has 2 saturated heterocycles. The van der Waals surface area contributed by atoms with Gasteiger partial charge in [0.25, 0.3) is 0 Å². The molecule has 2 heterocycles. The lowest BCUT2D eigenvalue weighted by atomic mass is 10.0. The Hall–Kier alpha value is -0.220. The van der Waals surface area contributed by atoms with Crippen molar-refractivity contribution in [1.29, 1.82) is 0 Å². The number of nitrogens with zero attached hydrogens (tertiary/aromatic N) is 1. The van der Waals surface area contributed by atoms with Crippen molar-refractivity contribution in [2.45, 2.75) is 31.8 Å². The Morgan fingerprint density at radius 2 is 2.23 bits per heavy atom. The number of hydrogen-bond acceptors (Lipinski definition) is 2. The van der Waals surface area contributed by atoms with E-state index in [2.05, 4.69) is 0 Å². The minimum Gasteiger partial charge on any atom is -0.359 e. The number of ether oxygens (including phenoxy) is 1. The van der Waals surface area contributed by atoms with Gasteiger partial charge in [0.1, 0.15) is 11.9 Å². The van der Waals surface area contributed by atoms with Crippen molar-refractivity contribution in [3.63, 3.8) is 0 Å². The lowest BCUT2D eigenvalue weighted by molar-refractivity contribution is -0.0520. The number of alkyl halides is 2. The molecule has 0 radical (unpaired) electrons. The van der Waals surface area contributed by atoms with Crippen LogP contribution in [0.1, 0.15) is 13.8 Å². The molecule has 0 spiro atoms. The van der Waals surface area contributed by atoms with E-state index < -0.39 is 24.5 Å². The number of halogens is 2. The van der Waals surface area contributed by atoms with Crippen LogP contribution in [0.2, 0.25) is 0 Å². The van der Waals surface area contributed by atoms with Crippen LogP contribution in [0.25, 0.3) is 0 Å². The molecule has 13 heavy (non-hydrogen) atoms. The normalized spacial score (nSPS) is 43.8. The quantitative estimate of drug-likeness (QED) is 0.620. The van der Waals surface area contributed by atoms with Gasteiger partial charge < -0.3 is 4.74 Å². The van der Waals surface area contributed by atoms with Crippen molar-refractivity contribution in [2.75, 3.05) is 19.8 Å². The summed E-state index contributed by atoms with van der Waals surface area (Å²) in [5, 5.41) is 0. The van der Waals surface area contributed by atoms with Crippen LogP contribution < -0.4 is 0 Å². The van der Waals surface area contributed by atoms with Crippen LogP contribution in [-0.2, 0) is 4.74 Å². The molecule has 76 valence electrons. The molecule has 2 nitrogen and oxygen atoms in total. The molecule has 0 aliphatic carbocycles. The van der Waals surface area contributed by atoms with E-state index in [1.807, 2.05) is 18.7 Å². The van der Waals surface area contributed by atoms with Crippen molar-refractivity contribution in [3.8, 4) is 0 Å². The lowest BCUT2D eigenvalue weighted by Crippen LogP contribution is -2.41. The monoisotopic (exact) mass is 191 g/mol. The highest BCUT2D eigenvalue weighted by molar-refractivity contribution is 5.00. The van der Waals surface area contributed by atoms with E-state index in [4.69, 9.17) is 4.74 Å². The second kappa shape index (κ2) is 2.89. The van der Waals surface area contributed by atoms with E-state index in [1.54, 1.807) is 0 Å². The first-order chi connectivity index (χ1) is 6.06. The van der Waals surface area contributed by atoms with Gasteiger partial charge in [0, 0.05) is 18.5 Å². The third-order valence-electron chi connectivity index (χ3n) is 3.21. The van der Waals surface area contributed by atoms with Gasteiger partial charge in [-0.1, -0.05) is 0 Å². The van der Waals surface area contributed by atoms with Crippen molar-refractivity contribution in [1.82, 2.24) is 4.90 Å². The molecular formula is C9H15F2NO. The number of rotatable bonds is 1. The SMILES string of the molecule is CC1(C)OC[C@@H]2[C@H](CF)[C@@H](F)CN21. The summed E-state index contributed by atoms with van der Waals surface area (Å²) < 4.78 is 31.3. The van der Waals surface area contributed by atoms with Crippen LogP contribution in [0.15, 0.2) is 0 Å². The summed E-state index contributed by atoms with van der Waals surface area (Å²) in [5.74, 6) is -0.484. The van der Waals surface area contributed by atoms with Gasteiger partial charge in [-0.15, -0.1) is 0 Å². The van der Waals surface area contributed by atoms with E-state index in [9.17, 15) is 8.78 Å². The minimum atomic E-state index is -1.03. The Balaban J connectivity index is 2.17. The van der Waals surface area contributed by atoms with Gasteiger partial charge in [0.15, 0.2) is 0 Å². The van der Waals surface area contributed by atoms with Gasteiger partial charge in [0.2, 0.25) is 0 Å². The zero-order valence-corrected chi connectivity index (χ0v) is 7.96. The Morgan fingerprint density at radius 1 is 1.54 bits per heavy atom. The second-order valence-corrected chi connectivity index (χ2v) is 4.31. The fourth-order valence-corrected chi connectivity index (χ4v) is 2.34. The molecule has 3 atom stereocenters. The standard InChI is InChI=1S/C9H15F2NO/c1-9(2)12-4-7(11)6(3-10)8(12)5-13-9/h6-8H,3-5H2,1-2H3/t6-,7+,8-/m1/s1. The van der Waals surface area contributed by atoms with Gasteiger partial charge in [-0.3, -0.25) is 9.29 Å². The molecule has 0 unspecified atom stereocenters. The third kappa shape index (κ3) is 1.27. The fourth-order valence-electron chi connectivity index (χ4n) is 2.34. The molecule has 0 aromatic heterocycles. The first kappa shape index (κ1) is 9.34. The van der Waals surface area contributed by atoms with E-state index in [1.165, 1.54) is 0 Å². The fraction of sp³-hybridized carbons (Fsp3) is 1.00. The maximum absolute atomic E-state index is 13.3. The minimum absolute atomic E-state index is 0.0602. The highest BCUT2D eigenvalue weighted by atomic mass is 19.1. The maximum Gasteiger partial charge on any atom is 0.120 e. The Labute approximate surface area is 76.9 Å². The van der Waals surface area contributed by atoms with E-state index in [-0.39, 0.29) is 6.04 Å². The molecule has 0 N–H and O–H groups in total. The molecule has 0 bridgehead atoms. The summed E-state index contributed by atoms with van der Waals surface area (Å²) in [7, 11) is 0. The van der Waals surface area contributed by atoms with Crippen LogP contribution in [0.4, 0.5) is 8.78 Å². The summed E-state index contributed by atoms with van der Waals surface area (Å²) in [5.41, 5.74) is -0.418. The van der Waals surface area contributed by atoms with E-state index in [0.29, 0.717) is 13.2 Å². The second-order valence-electron chi connectivity index (χ2n) is 4.31. The topological polar surface area (TPSA) is 12.5 Å². The molecule has 0 aromatic rings. The van der Waals surface area contributed by atoms with Crippen molar-refractivity contribution >= 4 is 0 Å². The summed E-state index contributed by atoms with van der Waals surface area (Å²) in [6.07, 6.45) is -1.03. The molecule has 0 aromatic carbocycles. The van der Waals surface area contributed by atoms with Crippen molar-refractivity contribution in [3.05, 3.63) is 0 Å². The summed E-state index contributed by atoms with van der Waals surface area (Å²) in [6.45, 7) is 4.00. The van der Waals surface area contributed by atoms with E-state index in [0.717, 1.165) is 0 Å². The molecule has 0 saturated carbocycles. The molecular weight excluding hydrogens is 176 g/mol. The van der Waals surface area contributed by atoms with Crippen molar-refractivity contribution < 1.29 is 13.5 Å². The number of hydrogen-bond donors (Lipinski definition) is 0. The average Bonchev–Trinajstić information content (AvgIpc) is 2.50. The Kier molecular flexibility index (Phi) is 2.07. The van der Waals surface area contributed by atoms with Crippen molar-refractivity contribution in [2.24, 2.45) is 5.92 Å². The zero-order valence-electron chi connectivity index (χ0n) is 7.96. The van der Waals surface area contributed by atoms with Crippen LogP contribution >= 0.6 is 0 Å². The van der Waals surface area contributed by atoms with Gasteiger partial charge in [-0.25, -0.2) is 4.39 Å². The molecule has 2 fully saturated rings. The molecule has 2 aliphatic rings. The zero-order chi connectivity index (χ0) is 9.64. The Morgan fingerprint density at radius 3 is 2.85 bits per heavy atom. The van der Waals surface area contributed by atoms with Crippen LogP contribution in [0.3, 0.4) is 0 Å². The first-order valence-corrected chi connectivity index (χ1v) is 4.67. The van der Waals surface area contributed by atoms with Gasteiger partial charge in [0.05, 0.1) is 13.3 Å². The molecule has 2 rings (SSSR count). The Bertz CT molecular complexity index is 210. The first-order valence-electron chi connectivity index (χ1n) is 4.67. The third-order valence-corrected chi connectivity index (χ3v) is 3.21.